The molecule has 12 heteroatoms. The van der Waals surface area contributed by atoms with Crippen LogP contribution in [-0.4, -0.2) is 79.4 Å². The SMILES string of the molecule is Cc1ncsc1-c1ccc(C(C)NC(=O)[C@@H]2C[C@@H](O)CN2C(=O)C(C(C)C)n2cc(-c3ccnc(N4CC[C@H](N)C4)c3)cn2)cc1. The van der Waals surface area contributed by atoms with Gasteiger partial charge in [0.25, 0.3) is 0 Å². The first-order valence-corrected chi connectivity index (χ1v) is 16.8. The molecule has 0 radical (unpaired) electrons. The third kappa shape index (κ3) is 6.55. The molecule has 5 atom stereocenters. The van der Waals surface area contributed by atoms with Crippen LogP contribution >= 0.6 is 11.3 Å². The number of aliphatic hydroxyl groups excluding tert-OH is 1. The van der Waals surface area contributed by atoms with Gasteiger partial charge in [0.2, 0.25) is 11.8 Å². The van der Waals surface area contributed by atoms with E-state index in [1.54, 1.807) is 28.4 Å². The van der Waals surface area contributed by atoms with Crippen LogP contribution in [0.2, 0.25) is 0 Å². The number of aryl methyl sites for hydroxylation is 1. The first-order chi connectivity index (χ1) is 22.1. The molecule has 46 heavy (non-hydrogen) atoms. The number of benzene rings is 1. The summed E-state index contributed by atoms with van der Waals surface area (Å²) in [5.41, 5.74) is 12.8. The number of thiazole rings is 1. The van der Waals surface area contributed by atoms with Crippen LogP contribution in [0.3, 0.4) is 0 Å². The predicted molar refractivity (Wildman–Crippen MR) is 179 cm³/mol. The molecular formula is C34H42N8O3S. The first-order valence-electron chi connectivity index (χ1n) is 15.9. The van der Waals surface area contributed by atoms with Crippen molar-refractivity contribution >= 4 is 29.0 Å². The Hall–Kier alpha value is -4.13. The summed E-state index contributed by atoms with van der Waals surface area (Å²) in [6.07, 6.45) is 5.74. The molecule has 1 aromatic carbocycles. The molecular weight excluding hydrogens is 600 g/mol. The molecule has 0 aliphatic carbocycles. The van der Waals surface area contributed by atoms with Gasteiger partial charge in [-0.15, -0.1) is 11.3 Å². The molecule has 2 saturated heterocycles. The van der Waals surface area contributed by atoms with E-state index in [2.05, 4.69) is 25.3 Å². The normalized spacial score (nSPS) is 21.2. The molecule has 2 unspecified atom stereocenters. The number of aliphatic hydroxyl groups is 1. The number of nitrogens with one attached hydrogen (secondary N) is 1. The van der Waals surface area contributed by atoms with Crippen LogP contribution in [0.4, 0.5) is 5.82 Å². The Morgan fingerprint density at radius 1 is 1.07 bits per heavy atom. The average Bonchev–Trinajstić information content (AvgIpc) is 3.85. The Morgan fingerprint density at radius 2 is 1.85 bits per heavy atom. The fraction of sp³-hybridized carbons (Fsp3) is 0.441. The molecule has 2 fully saturated rings. The van der Waals surface area contributed by atoms with Gasteiger partial charge in [-0.1, -0.05) is 38.1 Å². The highest BCUT2D eigenvalue weighted by atomic mass is 32.1. The number of nitrogens with zero attached hydrogens (tertiary/aromatic N) is 6. The number of nitrogens with two attached hydrogens (primary N) is 1. The van der Waals surface area contributed by atoms with Gasteiger partial charge in [0.05, 0.1) is 34.4 Å². The Labute approximate surface area is 273 Å². The average molecular weight is 643 g/mol. The molecule has 4 N–H and O–H groups in total. The van der Waals surface area contributed by atoms with Crippen LogP contribution < -0.4 is 16.0 Å². The lowest BCUT2D eigenvalue weighted by Crippen LogP contribution is -2.49. The number of carbonyl (C=O) groups excluding carboxylic acids is 2. The van der Waals surface area contributed by atoms with Gasteiger partial charge in [0.1, 0.15) is 17.9 Å². The smallest absolute Gasteiger partial charge is 0.248 e. The third-order valence-corrected chi connectivity index (χ3v) is 10.0. The van der Waals surface area contributed by atoms with E-state index in [1.807, 2.05) is 75.8 Å². The Balaban J connectivity index is 1.16. The maximum Gasteiger partial charge on any atom is 0.248 e. The second kappa shape index (κ2) is 13.3. The van der Waals surface area contributed by atoms with E-state index >= 15 is 0 Å². The van der Waals surface area contributed by atoms with Crippen LogP contribution in [0, 0.1) is 12.8 Å². The maximum atomic E-state index is 14.1. The highest BCUT2D eigenvalue weighted by molar-refractivity contribution is 7.13. The summed E-state index contributed by atoms with van der Waals surface area (Å²) in [5.74, 6) is 0.240. The zero-order valence-corrected chi connectivity index (χ0v) is 27.5. The van der Waals surface area contributed by atoms with Gasteiger partial charge >= 0.3 is 0 Å². The van der Waals surface area contributed by atoms with Crippen LogP contribution in [-0.2, 0) is 9.59 Å². The number of β-amino-alcohol motifs (C(OH)–C–C–N with tert-alkyl or cyclic N) is 1. The van der Waals surface area contributed by atoms with E-state index in [0.717, 1.165) is 58.2 Å². The van der Waals surface area contributed by atoms with E-state index in [0.29, 0.717) is 0 Å². The number of likely N-dealkylation sites (tertiary alicyclic amines) is 1. The maximum absolute atomic E-state index is 14.1. The van der Waals surface area contributed by atoms with Crippen LogP contribution in [0.15, 0.2) is 60.5 Å². The molecule has 2 aliphatic rings. The highest BCUT2D eigenvalue weighted by Gasteiger charge is 2.43. The van der Waals surface area contributed by atoms with Crippen molar-refractivity contribution in [2.45, 2.75) is 70.8 Å². The number of carbonyl (C=O) groups is 2. The van der Waals surface area contributed by atoms with Gasteiger partial charge in [-0.25, -0.2) is 9.97 Å². The molecule has 2 amide bonds. The number of anilines is 1. The van der Waals surface area contributed by atoms with Gasteiger partial charge < -0.3 is 26.0 Å². The van der Waals surface area contributed by atoms with E-state index < -0.39 is 18.2 Å². The van der Waals surface area contributed by atoms with Crippen molar-refractivity contribution in [3.05, 3.63) is 71.8 Å². The topological polar surface area (TPSA) is 142 Å². The molecule has 0 saturated carbocycles. The summed E-state index contributed by atoms with van der Waals surface area (Å²) in [6, 6.07) is 10.5. The summed E-state index contributed by atoms with van der Waals surface area (Å²) in [5, 5.41) is 18.3. The van der Waals surface area contributed by atoms with E-state index in [9.17, 15) is 14.7 Å². The van der Waals surface area contributed by atoms with Crippen molar-refractivity contribution in [3.63, 3.8) is 0 Å². The fourth-order valence-electron chi connectivity index (χ4n) is 6.48. The van der Waals surface area contributed by atoms with Gasteiger partial charge in [0, 0.05) is 50.1 Å². The van der Waals surface area contributed by atoms with Gasteiger partial charge in [-0.3, -0.25) is 14.3 Å². The van der Waals surface area contributed by atoms with E-state index in [4.69, 9.17) is 5.73 Å². The first kappa shape index (κ1) is 31.8. The van der Waals surface area contributed by atoms with Gasteiger partial charge in [0.15, 0.2) is 0 Å². The van der Waals surface area contributed by atoms with Crippen LogP contribution in [0.1, 0.15) is 57.0 Å². The zero-order chi connectivity index (χ0) is 32.5. The quantitative estimate of drug-likeness (QED) is 0.249. The summed E-state index contributed by atoms with van der Waals surface area (Å²) in [4.78, 5) is 41.4. The lowest BCUT2D eigenvalue weighted by atomic mass is 10.0. The number of amides is 2. The van der Waals surface area contributed by atoms with Gasteiger partial charge in [-0.05, 0) is 55.0 Å². The Bertz CT molecular complexity index is 1690. The van der Waals surface area contributed by atoms with Crippen molar-refractivity contribution in [2.24, 2.45) is 11.7 Å². The third-order valence-electron chi connectivity index (χ3n) is 9.04. The summed E-state index contributed by atoms with van der Waals surface area (Å²) >= 11 is 1.60. The number of rotatable bonds is 9. The fourth-order valence-corrected chi connectivity index (χ4v) is 7.29. The molecule has 0 bridgehead atoms. The monoisotopic (exact) mass is 642 g/mol. The minimum absolute atomic E-state index is 0.0945. The van der Waals surface area contributed by atoms with Crippen molar-refractivity contribution < 1.29 is 14.7 Å². The summed E-state index contributed by atoms with van der Waals surface area (Å²) < 4.78 is 1.68. The Morgan fingerprint density at radius 3 is 2.52 bits per heavy atom. The van der Waals surface area contributed by atoms with Crippen LogP contribution in [0.25, 0.3) is 21.6 Å². The number of aromatic nitrogens is 4. The minimum Gasteiger partial charge on any atom is -0.391 e. The largest absolute Gasteiger partial charge is 0.391 e. The van der Waals surface area contributed by atoms with Crippen molar-refractivity contribution in [2.75, 3.05) is 24.5 Å². The number of pyridine rings is 1. The molecule has 5 heterocycles. The second-order valence-corrected chi connectivity index (χ2v) is 13.7. The lowest BCUT2D eigenvalue weighted by molar-refractivity contribution is -0.142. The molecule has 2 aliphatic heterocycles. The van der Waals surface area contributed by atoms with Crippen molar-refractivity contribution in [1.29, 1.82) is 0 Å². The highest BCUT2D eigenvalue weighted by Crippen LogP contribution is 2.31. The van der Waals surface area contributed by atoms with Crippen LogP contribution in [0.5, 0.6) is 0 Å². The minimum atomic E-state index is -0.785. The lowest BCUT2D eigenvalue weighted by Gasteiger charge is -2.30. The molecule has 11 nitrogen and oxygen atoms in total. The number of hydrogen-bond donors (Lipinski definition) is 3. The van der Waals surface area contributed by atoms with Gasteiger partial charge in [-0.2, -0.15) is 5.10 Å². The standard InChI is InChI=1S/C34H42N8O3S/c1-20(2)31(42-16-26(15-38-42)25-9-11-36-30(13-25)40-12-10-27(35)17-40)34(45)41-18-28(43)14-29(41)33(44)39-21(3)23-5-7-24(8-6-23)32-22(4)37-19-46-32/h5-9,11,13,15-16,19-21,27-29,31,43H,10,12,14,17-18,35H2,1-4H3,(H,39,44)/t21?,27-,28+,29-,31?/m0/s1. The molecule has 0 spiro atoms. The molecule has 3 aromatic heterocycles. The Kier molecular flexibility index (Phi) is 9.21. The molecule has 4 aromatic rings. The summed E-state index contributed by atoms with van der Waals surface area (Å²) in [7, 11) is 0. The molecule has 6 rings (SSSR count). The molecule has 242 valence electrons. The van der Waals surface area contributed by atoms with Crippen molar-refractivity contribution in [1.82, 2.24) is 30.0 Å². The zero-order valence-electron chi connectivity index (χ0n) is 26.7. The van der Waals surface area contributed by atoms with E-state index in [-0.39, 0.29) is 42.8 Å². The van der Waals surface area contributed by atoms with E-state index in [1.165, 1.54) is 4.90 Å². The summed E-state index contributed by atoms with van der Waals surface area (Å²) in [6.45, 7) is 9.58. The number of hydrogen-bond acceptors (Lipinski definition) is 9. The van der Waals surface area contributed by atoms with Crippen molar-refractivity contribution in [3.8, 4) is 21.6 Å². The predicted octanol–water partition coefficient (Wildman–Crippen LogP) is 3.95. The second-order valence-electron chi connectivity index (χ2n) is 12.8.